The standard InChI is InChI=1S/C21H18BrN3O/c1-13-10-11-17(16(22)12-13)23-21-20(15-7-3-4-8-18(15)26)24-19-9-5-6-14(2)25(19)21/h3-12,23,26H,1-2H3. The number of benzene rings is 2. The van der Waals surface area contributed by atoms with E-state index in [9.17, 15) is 5.11 Å². The van der Waals surface area contributed by atoms with E-state index in [-0.39, 0.29) is 5.75 Å². The summed E-state index contributed by atoms with van der Waals surface area (Å²) >= 11 is 3.63. The molecule has 0 aliphatic rings. The molecule has 2 N–H and O–H groups in total. The summed E-state index contributed by atoms with van der Waals surface area (Å²) in [6.45, 7) is 4.10. The summed E-state index contributed by atoms with van der Waals surface area (Å²) in [6.07, 6.45) is 0. The van der Waals surface area contributed by atoms with Gasteiger partial charge in [0.25, 0.3) is 0 Å². The lowest BCUT2D eigenvalue weighted by Gasteiger charge is -2.13. The zero-order chi connectivity index (χ0) is 18.3. The fourth-order valence-corrected chi connectivity index (χ4v) is 3.67. The summed E-state index contributed by atoms with van der Waals surface area (Å²) in [7, 11) is 0. The van der Waals surface area contributed by atoms with Gasteiger partial charge in [-0.3, -0.25) is 4.40 Å². The van der Waals surface area contributed by atoms with Crippen LogP contribution in [0, 0.1) is 13.8 Å². The molecule has 26 heavy (non-hydrogen) atoms. The monoisotopic (exact) mass is 407 g/mol. The molecule has 2 heterocycles. The highest BCUT2D eigenvalue weighted by molar-refractivity contribution is 9.10. The zero-order valence-electron chi connectivity index (χ0n) is 14.5. The van der Waals surface area contributed by atoms with Crippen molar-refractivity contribution in [2.75, 3.05) is 5.32 Å². The lowest BCUT2D eigenvalue weighted by Crippen LogP contribution is -2.00. The molecular formula is C21H18BrN3O. The zero-order valence-corrected chi connectivity index (χ0v) is 16.1. The summed E-state index contributed by atoms with van der Waals surface area (Å²) in [4.78, 5) is 4.77. The summed E-state index contributed by atoms with van der Waals surface area (Å²) in [5.74, 6) is 1.03. The molecule has 0 bridgehead atoms. The fraction of sp³-hybridized carbons (Fsp3) is 0.0952. The van der Waals surface area contributed by atoms with Crippen LogP contribution >= 0.6 is 15.9 Å². The minimum absolute atomic E-state index is 0.208. The predicted molar refractivity (Wildman–Crippen MR) is 109 cm³/mol. The Balaban J connectivity index is 1.97. The van der Waals surface area contributed by atoms with Gasteiger partial charge in [-0.15, -0.1) is 0 Å². The van der Waals surface area contributed by atoms with E-state index in [1.165, 1.54) is 5.56 Å². The Kier molecular flexibility index (Phi) is 4.17. The van der Waals surface area contributed by atoms with Gasteiger partial charge in [0.15, 0.2) is 0 Å². The van der Waals surface area contributed by atoms with Gasteiger partial charge >= 0.3 is 0 Å². The third kappa shape index (κ3) is 2.84. The van der Waals surface area contributed by atoms with Gasteiger partial charge in [0, 0.05) is 15.7 Å². The summed E-state index contributed by atoms with van der Waals surface area (Å²) in [6, 6.07) is 19.4. The number of phenolic OH excluding ortho intramolecular Hbond substituents is 1. The summed E-state index contributed by atoms with van der Waals surface area (Å²) in [5.41, 5.74) is 5.41. The second kappa shape index (κ2) is 6.50. The maximum absolute atomic E-state index is 10.4. The first-order valence-corrected chi connectivity index (χ1v) is 9.13. The Morgan fingerprint density at radius 2 is 1.81 bits per heavy atom. The number of fused-ring (bicyclic) bond motifs is 1. The molecule has 0 radical (unpaired) electrons. The molecule has 0 fully saturated rings. The molecule has 0 unspecified atom stereocenters. The van der Waals surface area contributed by atoms with Gasteiger partial charge in [0.1, 0.15) is 22.9 Å². The van der Waals surface area contributed by atoms with Crippen molar-refractivity contribution >= 4 is 33.1 Å². The molecule has 4 nitrogen and oxygen atoms in total. The van der Waals surface area contributed by atoms with Crippen molar-refractivity contribution in [1.29, 1.82) is 0 Å². The van der Waals surface area contributed by atoms with Gasteiger partial charge in [-0.1, -0.05) is 24.3 Å². The lowest BCUT2D eigenvalue weighted by molar-refractivity contribution is 0.477. The predicted octanol–water partition coefficient (Wildman–Crippen LogP) is 5.83. The molecule has 4 rings (SSSR count). The Labute approximate surface area is 160 Å². The maximum atomic E-state index is 10.4. The number of imidazole rings is 1. The molecule has 130 valence electrons. The number of halogens is 1. The first kappa shape index (κ1) is 16.7. The number of aromatic nitrogens is 2. The van der Waals surface area contributed by atoms with E-state index >= 15 is 0 Å². The first-order valence-electron chi connectivity index (χ1n) is 8.34. The maximum Gasteiger partial charge on any atom is 0.143 e. The Morgan fingerprint density at radius 3 is 2.58 bits per heavy atom. The van der Waals surface area contributed by atoms with Crippen molar-refractivity contribution in [2.45, 2.75) is 13.8 Å². The van der Waals surface area contributed by atoms with Crippen LogP contribution in [0.25, 0.3) is 16.9 Å². The van der Waals surface area contributed by atoms with Crippen LogP contribution < -0.4 is 5.32 Å². The smallest absolute Gasteiger partial charge is 0.143 e. The minimum Gasteiger partial charge on any atom is -0.507 e. The SMILES string of the molecule is Cc1ccc(Nc2c(-c3ccccc3O)nc3cccc(C)n23)c(Br)c1. The Bertz CT molecular complexity index is 1120. The number of para-hydroxylation sites is 1. The molecule has 0 spiro atoms. The number of nitrogens with one attached hydrogen (secondary N) is 1. The third-order valence-electron chi connectivity index (χ3n) is 4.38. The van der Waals surface area contributed by atoms with Gasteiger partial charge < -0.3 is 10.4 Å². The molecule has 0 aliphatic heterocycles. The second-order valence-electron chi connectivity index (χ2n) is 6.30. The van der Waals surface area contributed by atoms with Crippen molar-refractivity contribution in [3.05, 3.63) is 76.4 Å². The molecule has 2 aromatic heterocycles. The molecule has 0 saturated heterocycles. The van der Waals surface area contributed by atoms with E-state index in [0.717, 1.165) is 27.3 Å². The van der Waals surface area contributed by atoms with Gasteiger partial charge in [-0.25, -0.2) is 4.98 Å². The van der Waals surface area contributed by atoms with Crippen LogP contribution in [0.4, 0.5) is 11.5 Å². The molecule has 4 aromatic rings. The van der Waals surface area contributed by atoms with Crippen LogP contribution in [-0.2, 0) is 0 Å². The van der Waals surface area contributed by atoms with E-state index in [1.807, 2.05) is 49.4 Å². The number of anilines is 2. The minimum atomic E-state index is 0.208. The van der Waals surface area contributed by atoms with E-state index in [0.29, 0.717) is 11.3 Å². The average Bonchev–Trinajstić information content (AvgIpc) is 2.97. The highest BCUT2D eigenvalue weighted by Gasteiger charge is 2.18. The van der Waals surface area contributed by atoms with E-state index in [1.54, 1.807) is 6.07 Å². The Morgan fingerprint density at radius 1 is 1.00 bits per heavy atom. The van der Waals surface area contributed by atoms with Crippen LogP contribution in [0.3, 0.4) is 0 Å². The molecule has 5 heteroatoms. The van der Waals surface area contributed by atoms with Gasteiger partial charge in [-0.05, 0) is 71.7 Å². The number of aromatic hydroxyl groups is 1. The quantitative estimate of drug-likeness (QED) is 0.449. The summed E-state index contributed by atoms with van der Waals surface area (Å²) in [5, 5.41) is 13.9. The third-order valence-corrected chi connectivity index (χ3v) is 5.03. The van der Waals surface area contributed by atoms with Crippen LogP contribution in [0.15, 0.2) is 65.1 Å². The molecule has 0 aliphatic carbocycles. The first-order chi connectivity index (χ1) is 12.5. The topological polar surface area (TPSA) is 49.6 Å². The van der Waals surface area contributed by atoms with E-state index in [4.69, 9.17) is 4.98 Å². The van der Waals surface area contributed by atoms with Crippen molar-refractivity contribution in [1.82, 2.24) is 9.38 Å². The van der Waals surface area contributed by atoms with Gasteiger partial charge in [0.05, 0.1) is 5.69 Å². The van der Waals surface area contributed by atoms with Crippen molar-refractivity contribution < 1.29 is 5.11 Å². The Hall–Kier alpha value is -2.79. The number of pyridine rings is 1. The number of aryl methyl sites for hydroxylation is 2. The summed E-state index contributed by atoms with van der Waals surface area (Å²) < 4.78 is 3.04. The van der Waals surface area contributed by atoms with Crippen LogP contribution in [0.1, 0.15) is 11.3 Å². The number of nitrogens with zero attached hydrogens (tertiary/aromatic N) is 2. The van der Waals surface area contributed by atoms with Crippen molar-refractivity contribution in [3.8, 4) is 17.0 Å². The van der Waals surface area contributed by atoms with Crippen LogP contribution in [0.2, 0.25) is 0 Å². The molecule has 0 atom stereocenters. The van der Waals surface area contributed by atoms with Crippen LogP contribution in [-0.4, -0.2) is 14.5 Å². The van der Waals surface area contributed by atoms with E-state index < -0.39 is 0 Å². The van der Waals surface area contributed by atoms with E-state index in [2.05, 4.69) is 44.7 Å². The highest BCUT2D eigenvalue weighted by Crippen LogP contribution is 2.37. The number of hydrogen-bond acceptors (Lipinski definition) is 3. The number of hydrogen-bond donors (Lipinski definition) is 2. The largest absolute Gasteiger partial charge is 0.507 e. The van der Waals surface area contributed by atoms with Crippen molar-refractivity contribution in [3.63, 3.8) is 0 Å². The highest BCUT2D eigenvalue weighted by atomic mass is 79.9. The van der Waals surface area contributed by atoms with Crippen molar-refractivity contribution in [2.24, 2.45) is 0 Å². The molecule has 2 aromatic carbocycles. The van der Waals surface area contributed by atoms with Gasteiger partial charge in [0.2, 0.25) is 0 Å². The average molecular weight is 408 g/mol. The number of rotatable bonds is 3. The molecule has 0 saturated carbocycles. The van der Waals surface area contributed by atoms with Crippen LogP contribution in [0.5, 0.6) is 5.75 Å². The lowest BCUT2D eigenvalue weighted by atomic mass is 10.1. The van der Waals surface area contributed by atoms with Gasteiger partial charge in [-0.2, -0.15) is 0 Å². The number of phenols is 1. The normalized spacial score (nSPS) is 11.0. The molecule has 0 amide bonds. The molecular weight excluding hydrogens is 390 g/mol. The fourth-order valence-electron chi connectivity index (χ4n) is 3.08. The second-order valence-corrected chi connectivity index (χ2v) is 7.15.